The van der Waals surface area contributed by atoms with E-state index in [4.69, 9.17) is 14.2 Å². The van der Waals surface area contributed by atoms with Gasteiger partial charge >= 0.3 is 12.0 Å². The highest BCUT2D eigenvalue weighted by atomic mass is 16.7. The SMILES string of the molecule is CCOC(=O)CNC(=O)NCc1ccc([C@@H]2O[C@H](CN(C)Cc3ccccc3)[C@H](C)[C@H](c3ccc(CO)cc3)O2)cc1. The van der Waals surface area contributed by atoms with Crippen LogP contribution in [0.3, 0.4) is 0 Å². The van der Waals surface area contributed by atoms with Crippen LogP contribution in [-0.4, -0.2) is 54.9 Å². The summed E-state index contributed by atoms with van der Waals surface area (Å²) in [5, 5.41) is 14.7. The van der Waals surface area contributed by atoms with E-state index in [9.17, 15) is 14.7 Å². The standard InChI is InChI=1S/C33H41N3O6/c1-4-40-30(38)19-35-33(39)34-18-24-10-16-28(17-11-24)32-41-29(21-36(3)20-25-8-6-5-7-9-25)23(2)31(42-32)27-14-12-26(22-37)13-15-27/h5-17,23,29,31-32,37H,4,18-22H2,1-3H3,(H2,34,35,39)/t23-,29+,31+,32+/m0/s1. The monoisotopic (exact) mass is 575 g/mol. The quantitative estimate of drug-likeness (QED) is 0.274. The number of hydrogen-bond donors (Lipinski definition) is 3. The molecule has 4 atom stereocenters. The first-order chi connectivity index (χ1) is 20.4. The number of benzene rings is 3. The van der Waals surface area contributed by atoms with Crippen molar-refractivity contribution in [2.45, 2.75) is 52.0 Å². The predicted molar refractivity (Wildman–Crippen MR) is 159 cm³/mol. The Hall–Kier alpha value is -3.76. The zero-order valence-electron chi connectivity index (χ0n) is 24.5. The normalized spacial score (nSPS) is 20.2. The van der Waals surface area contributed by atoms with Crippen molar-refractivity contribution in [3.05, 3.63) is 107 Å². The number of carbonyl (C=O) groups excluding carboxylic acids is 2. The topological polar surface area (TPSA) is 109 Å². The maximum absolute atomic E-state index is 12.0. The van der Waals surface area contributed by atoms with E-state index < -0.39 is 18.3 Å². The Kier molecular flexibility index (Phi) is 11.5. The average Bonchev–Trinajstić information content (AvgIpc) is 3.01. The Bertz CT molecular complexity index is 1270. The fraction of sp³-hybridized carbons (Fsp3) is 0.394. The lowest BCUT2D eigenvalue weighted by atomic mass is 9.90. The summed E-state index contributed by atoms with van der Waals surface area (Å²) < 4.78 is 18.0. The van der Waals surface area contributed by atoms with E-state index in [0.717, 1.165) is 35.3 Å². The van der Waals surface area contributed by atoms with E-state index in [-0.39, 0.29) is 37.9 Å². The van der Waals surface area contributed by atoms with Crippen molar-refractivity contribution in [3.8, 4) is 0 Å². The number of aliphatic hydroxyl groups excluding tert-OH is 1. The van der Waals surface area contributed by atoms with Crippen LogP contribution in [0, 0.1) is 5.92 Å². The molecular weight excluding hydrogens is 534 g/mol. The third-order valence-corrected chi connectivity index (χ3v) is 7.31. The van der Waals surface area contributed by atoms with E-state index in [1.54, 1.807) is 6.92 Å². The first kappa shape index (κ1) is 31.2. The highest BCUT2D eigenvalue weighted by Gasteiger charge is 2.38. The molecule has 0 bridgehead atoms. The van der Waals surface area contributed by atoms with Crippen molar-refractivity contribution < 1.29 is 28.9 Å². The van der Waals surface area contributed by atoms with Gasteiger partial charge in [0, 0.05) is 31.1 Å². The molecule has 0 radical (unpaired) electrons. The molecule has 0 unspecified atom stereocenters. The predicted octanol–water partition coefficient (Wildman–Crippen LogP) is 4.46. The lowest BCUT2D eigenvalue weighted by molar-refractivity contribution is -0.276. The lowest BCUT2D eigenvalue weighted by Gasteiger charge is -2.42. The van der Waals surface area contributed by atoms with Gasteiger partial charge in [-0.2, -0.15) is 0 Å². The molecule has 9 nitrogen and oxygen atoms in total. The number of esters is 1. The van der Waals surface area contributed by atoms with Crippen LogP contribution in [0.5, 0.6) is 0 Å². The third kappa shape index (κ3) is 8.87. The van der Waals surface area contributed by atoms with Crippen molar-refractivity contribution >= 4 is 12.0 Å². The number of aliphatic hydroxyl groups is 1. The number of carbonyl (C=O) groups is 2. The smallest absolute Gasteiger partial charge is 0.325 e. The molecule has 0 saturated carbocycles. The Morgan fingerprint density at radius 3 is 2.21 bits per heavy atom. The van der Waals surface area contributed by atoms with Crippen LogP contribution in [-0.2, 0) is 38.7 Å². The van der Waals surface area contributed by atoms with Crippen molar-refractivity contribution in [1.29, 1.82) is 0 Å². The molecule has 1 aliphatic rings. The number of likely N-dealkylation sites (N-methyl/N-ethyl adjacent to an activating group) is 1. The molecule has 1 saturated heterocycles. The minimum atomic E-state index is -0.575. The van der Waals surface area contributed by atoms with Crippen molar-refractivity contribution in [3.63, 3.8) is 0 Å². The average molecular weight is 576 g/mol. The molecule has 3 N–H and O–H groups in total. The van der Waals surface area contributed by atoms with Gasteiger partial charge in [-0.1, -0.05) is 85.8 Å². The zero-order valence-corrected chi connectivity index (χ0v) is 24.5. The van der Waals surface area contributed by atoms with E-state index in [0.29, 0.717) is 6.54 Å². The Balaban J connectivity index is 1.43. The molecule has 224 valence electrons. The second kappa shape index (κ2) is 15.5. The molecule has 0 aromatic heterocycles. The van der Waals surface area contributed by atoms with Gasteiger partial charge in [-0.05, 0) is 36.2 Å². The maximum Gasteiger partial charge on any atom is 0.325 e. The second-order valence-electron chi connectivity index (χ2n) is 10.6. The molecule has 0 aliphatic carbocycles. The number of nitrogens with one attached hydrogen (secondary N) is 2. The van der Waals surface area contributed by atoms with E-state index in [1.165, 1.54) is 5.56 Å². The molecule has 3 aromatic rings. The largest absolute Gasteiger partial charge is 0.465 e. The van der Waals surface area contributed by atoms with Crippen LogP contribution in [0.2, 0.25) is 0 Å². The highest BCUT2D eigenvalue weighted by Crippen LogP contribution is 2.41. The zero-order chi connectivity index (χ0) is 29.9. The van der Waals surface area contributed by atoms with Gasteiger partial charge in [0.25, 0.3) is 0 Å². The summed E-state index contributed by atoms with van der Waals surface area (Å²) >= 11 is 0. The van der Waals surface area contributed by atoms with Crippen LogP contribution in [0.1, 0.15) is 54.1 Å². The van der Waals surface area contributed by atoms with Crippen LogP contribution in [0.15, 0.2) is 78.9 Å². The molecular formula is C33H41N3O6. The molecule has 9 heteroatoms. The van der Waals surface area contributed by atoms with Crippen molar-refractivity contribution in [2.75, 3.05) is 26.7 Å². The van der Waals surface area contributed by atoms with Gasteiger partial charge in [-0.25, -0.2) is 4.79 Å². The summed E-state index contributed by atoms with van der Waals surface area (Å²) in [5.74, 6) is -0.401. The summed E-state index contributed by atoms with van der Waals surface area (Å²) in [4.78, 5) is 25.7. The molecule has 1 aliphatic heterocycles. The number of amides is 2. The third-order valence-electron chi connectivity index (χ3n) is 7.31. The number of urea groups is 1. The molecule has 2 amide bonds. The van der Waals surface area contributed by atoms with Gasteiger partial charge in [0.2, 0.25) is 0 Å². The number of ether oxygens (including phenoxy) is 3. The van der Waals surface area contributed by atoms with Crippen molar-refractivity contribution in [1.82, 2.24) is 15.5 Å². The van der Waals surface area contributed by atoms with Crippen LogP contribution >= 0.6 is 0 Å². The number of rotatable bonds is 12. The van der Waals surface area contributed by atoms with Gasteiger partial charge in [-0.15, -0.1) is 0 Å². The minimum Gasteiger partial charge on any atom is -0.465 e. The van der Waals surface area contributed by atoms with Crippen molar-refractivity contribution in [2.24, 2.45) is 5.92 Å². The van der Waals surface area contributed by atoms with Gasteiger partial charge in [0.05, 0.1) is 25.4 Å². The molecule has 1 fully saturated rings. The molecule has 3 aromatic carbocycles. The molecule has 1 heterocycles. The number of hydrogen-bond acceptors (Lipinski definition) is 7. The summed E-state index contributed by atoms with van der Waals surface area (Å²) in [6, 6.07) is 25.6. The summed E-state index contributed by atoms with van der Waals surface area (Å²) in [5.41, 5.74) is 4.91. The van der Waals surface area contributed by atoms with Gasteiger partial charge in [0.15, 0.2) is 6.29 Å². The fourth-order valence-electron chi connectivity index (χ4n) is 5.00. The van der Waals surface area contributed by atoms with E-state index in [1.807, 2.05) is 66.7 Å². The van der Waals surface area contributed by atoms with Gasteiger partial charge in [-0.3, -0.25) is 9.69 Å². The molecule has 42 heavy (non-hydrogen) atoms. The fourth-order valence-corrected chi connectivity index (χ4v) is 5.00. The first-order valence-corrected chi connectivity index (χ1v) is 14.4. The summed E-state index contributed by atoms with van der Waals surface area (Å²) in [6.07, 6.45) is -0.866. The first-order valence-electron chi connectivity index (χ1n) is 14.4. The Morgan fingerprint density at radius 1 is 0.881 bits per heavy atom. The van der Waals surface area contributed by atoms with Gasteiger partial charge < -0.3 is 30.0 Å². The van der Waals surface area contributed by atoms with Crippen LogP contribution in [0.4, 0.5) is 4.79 Å². The number of nitrogens with zero attached hydrogens (tertiary/aromatic N) is 1. The maximum atomic E-state index is 12.0. The Labute approximate surface area is 247 Å². The lowest BCUT2D eigenvalue weighted by Crippen LogP contribution is -2.43. The van der Waals surface area contributed by atoms with Crippen LogP contribution in [0.25, 0.3) is 0 Å². The second-order valence-corrected chi connectivity index (χ2v) is 10.6. The molecule has 4 rings (SSSR count). The summed E-state index contributed by atoms with van der Waals surface area (Å²) in [7, 11) is 2.10. The highest BCUT2D eigenvalue weighted by molar-refractivity contribution is 5.80. The van der Waals surface area contributed by atoms with E-state index >= 15 is 0 Å². The summed E-state index contributed by atoms with van der Waals surface area (Å²) in [6.45, 7) is 5.78. The van der Waals surface area contributed by atoms with Gasteiger partial charge in [0.1, 0.15) is 6.54 Å². The Morgan fingerprint density at radius 2 is 1.55 bits per heavy atom. The minimum absolute atomic E-state index is 0.00569. The van der Waals surface area contributed by atoms with Crippen LogP contribution < -0.4 is 10.6 Å². The molecule has 0 spiro atoms. The van der Waals surface area contributed by atoms with E-state index in [2.05, 4.69) is 41.6 Å².